The van der Waals surface area contributed by atoms with E-state index in [9.17, 15) is 8.42 Å². The van der Waals surface area contributed by atoms with Gasteiger partial charge in [-0.15, -0.1) is 0 Å². The molecule has 1 aromatic heterocycles. The summed E-state index contributed by atoms with van der Waals surface area (Å²) < 4.78 is 27.0. The van der Waals surface area contributed by atoms with E-state index in [0.29, 0.717) is 15.2 Å². The molecule has 2 rings (SSSR count). The minimum absolute atomic E-state index is 0.167. The van der Waals surface area contributed by atoms with Gasteiger partial charge in [0.25, 0.3) is 10.0 Å². The third-order valence-electron chi connectivity index (χ3n) is 1.97. The summed E-state index contributed by atoms with van der Waals surface area (Å²) in [5.74, 6) is 0. The maximum Gasteiger partial charge on any atom is 0.261 e. The lowest BCUT2D eigenvalue weighted by atomic mass is 10.4. The molecule has 0 radical (unpaired) electrons. The van der Waals surface area contributed by atoms with Crippen LogP contribution in [0.4, 0.5) is 5.69 Å². The Bertz CT molecular complexity index is 626. The van der Waals surface area contributed by atoms with Gasteiger partial charge < -0.3 is 0 Å². The Morgan fingerprint density at radius 3 is 2.65 bits per heavy atom. The zero-order valence-corrected chi connectivity index (χ0v) is 12.3. The third kappa shape index (κ3) is 3.01. The Morgan fingerprint density at radius 2 is 2.06 bits per heavy atom. The summed E-state index contributed by atoms with van der Waals surface area (Å²) in [5, 5.41) is 4.00. The molecule has 0 aliphatic carbocycles. The van der Waals surface area contributed by atoms with Crippen molar-refractivity contribution in [2.45, 2.75) is 4.90 Å². The molecule has 7 heteroatoms. The molecule has 0 saturated carbocycles. The number of rotatable bonds is 3. The van der Waals surface area contributed by atoms with E-state index >= 15 is 0 Å². The summed E-state index contributed by atoms with van der Waals surface area (Å²) in [6.07, 6.45) is 0. The number of anilines is 1. The predicted molar refractivity (Wildman–Crippen MR) is 74.3 cm³/mol. The lowest BCUT2D eigenvalue weighted by molar-refractivity contribution is 0.601. The summed E-state index contributed by atoms with van der Waals surface area (Å²) in [7, 11) is -3.55. The fraction of sp³-hybridized carbons (Fsp3) is 0. The van der Waals surface area contributed by atoms with Gasteiger partial charge in [-0.05, 0) is 45.6 Å². The summed E-state index contributed by atoms with van der Waals surface area (Å²) in [6, 6.07) is 6.17. The lowest BCUT2D eigenvalue weighted by Gasteiger charge is -2.07. The van der Waals surface area contributed by atoms with E-state index in [1.165, 1.54) is 29.5 Å². The van der Waals surface area contributed by atoms with E-state index in [0.717, 1.165) is 0 Å². The fourth-order valence-corrected chi connectivity index (χ4v) is 3.57. The van der Waals surface area contributed by atoms with Crippen LogP contribution in [0.25, 0.3) is 0 Å². The van der Waals surface area contributed by atoms with Gasteiger partial charge in [0.05, 0.1) is 15.6 Å². The van der Waals surface area contributed by atoms with E-state index < -0.39 is 10.0 Å². The quantitative estimate of drug-likeness (QED) is 0.908. The van der Waals surface area contributed by atoms with Crippen molar-refractivity contribution in [3.8, 4) is 0 Å². The molecule has 0 saturated heterocycles. The standard InChI is InChI=1S/C10H7BrClNO2S2/c11-9-5-8(1-2-10(9)12)17(14,15)13-7-3-4-16-6-7/h1-6,13H. The van der Waals surface area contributed by atoms with Crippen LogP contribution < -0.4 is 4.72 Å². The molecule has 3 nitrogen and oxygen atoms in total. The highest BCUT2D eigenvalue weighted by Crippen LogP contribution is 2.26. The molecule has 0 spiro atoms. The predicted octanol–water partition coefficient (Wildman–Crippen LogP) is 3.96. The first-order valence-electron chi connectivity index (χ1n) is 4.49. The first kappa shape index (κ1) is 12.9. The van der Waals surface area contributed by atoms with E-state index in [-0.39, 0.29) is 4.90 Å². The van der Waals surface area contributed by atoms with Gasteiger partial charge in [-0.2, -0.15) is 11.3 Å². The number of hydrogen-bond acceptors (Lipinski definition) is 3. The molecule has 1 aromatic carbocycles. The number of benzene rings is 1. The second-order valence-electron chi connectivity index (χ2n) is 3.19. The van der Waals surface area contributed by atoms with Crippen LogP contribution in [0.15, 0.2) is 44.4 Å². The highest BCUT2D eigenvalue weighted by molar-refractivity contribution is 9.10. The van der Waals surface area contributed by atoms with Gasteiger partial charge >= 0.3 is 0 Å². The topological polar surface area (TPSA) is 46.2 Å². The van der Waals surface area contributed by atoms with Crippen molar-refractivity contribution in [2.75, 3.05) is 4.72 Å². The van der Waals surface area contributed by atoms with Crippen LogP contribution in [-0.4, -0.2) is 8.42 Å². The second-order valence-corrected chi connectivity index (χ2v) is 6.92. The molecule has 2 aromatic rings. The van der Waals surface area contributed by atoms with Gasteiger partial charge in [0, 0.05) is 9.85 Å². The van der Waals surface area contributed by atoms with Crippen LogP contribution >= 0.6 is 38.9 Å². The smallest absolute Gasteiger partial charge is 0.261 e. The molecular formula is C10H7BrClNO2S2. The Balaban J connectivity index is 2.35. The van der Waals surface area contributed by atoms with Crippen molar-refractivity contribution in [3.05, 3.63) is 44.5 Å². The second kappa shape index (κ2) is 4.97. The Hall–Kier alpha value is -0.560. The average Bonchev–Trinajstić information content (AvgIpc) is 2.73. The molecule has 1 heterocycles. The van der Waals surface area contributed by atoms with Gasteiger partial charge in [0.1, 0.15) is 0 Å². The van der Waals surface area contributed by atoms with Crippen molar-refractivity contribution in [1.82, 2.24) is 0 Å². The van der Waals surface area contributed by atoms with E-state index in [4.69, 9.17) is 11.6 Å². The summed E-state index contributed by atoms with van der Waals surface area (Å²) in [4.78, 5) is 0.167. The first-order chi connectivity index (χ1) is 7.99. The summed E-state index contributed by atoms with van der Waals surface area (Å²) >= 11 is 10.4. The molecule has 0 unspecified atom stereocenters. The van der Waals surface area contributed by atoms with Crippen molar-refractivity contribution in [1.29, 1.82) is 0 Å². The molecule has 90 valence electrons. The van der Waals surface area contributed by atoms with Crippen LogP contribution in [-0.2, 0) is 10.0 Å². The van der Waals surface area contributed by atoms with Crippen molar-refractivity contribution in [3.63, 3.8) is 0 Å². The normalized spacial score (nSPS) is 11.4. The molecule has 17 heavy (non-hydrogen) atoms. The molecule has 0 aliphatic rings. The van der Waals surface area contributed by atoms with Gasteiger partial charge in [-0.3, -0.25) is 4.72 Å². The van der Waals surface area contributed by atoms with Crippen LogP contribution in [0.5, 0.6) is 0 Å². The van der Waals surface area contributed by atoms with Gasteiger partial charge in [0.2, 0.25) is 0 Å². The number of hydrogen-bond donors (Lipinski definition) is 1. The lowest BCUT2D eigenvalue weighted by Crippen LogP contribution is -2.12. The minimum atomic E-state index is -3.55. The van der Waals surface area contributed by atoms with Crippen LogP contribution in [0.1, 0.15) is 0 Å². The van der Waals surface area contributed by atoms with Gasteiger partial charge in [0.15, 0.2) is 0 Å². The monoisotopic (exact) mass is 351 g/mol. The highest BCUT2D eigenvalue weighted by atomic mass is 79.9. The molecule has 1 N–H and O–H groups in total. The molecular weight excluding hydrogens is 346 g/mol. The Morgan fingerprint density at radius 1 is 1.29 bits per heavy atom. The van der Waals surface area contributed by atoms with Gasteiger partial charge in [-0.1, -0.05) is 11.6 Å². The molecule has 0 aliphatic heterocycles. The number of sulfonamides is 1. The zero-order chi connectivity index (χ0) is 12.5. The first-order valence-corrected chi connectivity index (χ1v) is 8.09. The number of halogens is 2. The van der Waals surface area contributed by atoms with Crippen molar-refractivity contribution < 1.29 is 8.42 Å². The van der Waals surface area contributed by atoms with E-state index in [1.807, 2.05) is 0 Å². The minimum Gasteiger partial charge on any atom is -0.279 e. The fourth-order valence-electron chi connectivity index (χ4n) is 1.18. The number of nitrogens with one attached hydrogen (secondary N) is 1. The SMILES string of the molecule is O=S(=O)(Nc1ccsc1)c1ccc(Cl)c(Br)c1. The summed E-state index contributed by atoms with van der Waals surface area (Å²) in [5.41, 5.74) is 0.557. The third-order valence-corrected chi connectivity index (χ3v) is 5.25. The average molecular weight is 353 g/mol. The Labute approximate surface area is 117 Å². The van der Waals surface area contributed by atoms with Crippen molar-refractivity contribution in [2.24, 2.45) is 0 Å². The summed E-state index contributed by atoms with van der Waals surface area (Å²) in [6.45, 7) is 0. The molecule has 0 amide bonds. The molecule has 0 fully saturated rings. The molecule has 0 atom stereocenters. The molecule has 0 bridgehead atoms. The van der Waals surface area contributed by atoms with Crippen LogP contribution in [0, 0.1) is 0 Å². The van der Waals surface area contributed by atoms with Crippen LogP contribution in [0.2, 0.25) is 5.02 Å². The van der Waals surface area contributed by atoms with E-state index in [2.05, 4.69) is 20.7 Å². The largest absolute Gasteiger partial charge is 0.279 e. The van der Waals surface area contributed by atoms with Crippen LogP contribution in [0.3, 0.4) is 0 Å². The maximum absolute atomic E-state index is 12.0. The van der Waals surface area contributed by atoms with Gasteiger partial charge in [-0.25, -0.2) is 8.42 Å². The van der Waals surface area contributed by atoms with Crippen molar-refractivity contribution >= 4 is 54.6 Å². The highest BCUT2D eigenvalue weighted by Gasteiger charge is 2.15. The number of thiophene rings is 1. The zero-order valence-electron chi connectivity index (χ0n) is 8.35. The Kier molecular flexibility index (Phi) is 3.77. The van der Waals surface area contributed by atoms with E-state index in [1.54, 1.807) is 16.8 Å². The maximum atomic E-state index is 12.0.